The molecule has 1 aromatic rings. The molecule has 17 heavy (non-hydrogen) atoms. The molecule has 0 heterocycles. The van der Waals surface area contributed by atoms with Gasteiger partial charge in [0.1, 0.15) is 5.82 Å². The van der Waals surface area contributed by atoms with Crippen molar-refractivity contribution >= 4 is 23.4 Å². The lowest BCUT2D eigenvalue weighted by molar-refractivity contribution is 0.0798. The fourth-order valence-corrected chi connectivity index (χ4v) is 1.76. The molecule has 1 aromatic carbocycles. The van der Waals surface area contributed by atoms with Gasteiger partial charge in [0, 0.05) is 19.3 Å². The third-order valence-electron chi connectivity index (χ3n) is 2.27. The topological polar surface area (TPSA) is 46.3 Å². The molecule has 0 aliphatic carbocycles. The van der Waals surface area contributed by atoms with Gasteiger partial charge in [-0.15, -0.1) is 0 Å². The smallest absolute Gasteiger partial charge is 0.256 e. The van der Waals surface area contributed by atoms with Crippen LogP contribution in [0.1, 0.15) is 10.4 Å². The van der Waals surface area contributed by atoms with Gasteiger partial charge in [0.05, 0.1) is 11.3 Å². The Hall–Kier alpha value is -1.30. The minimum absolute atomic E-state index is 0.328. The van der Waals surface area contributed by atoms with E-state index in [0.29, 0.717) is 6.54 Å². The van der Waals surface area contributed by atoms with Crippen molar-refractivity contribution in [2.24, 2.45) is 0 Å². The number of nitrogens with two attached hydrogens (primary N) is 1. The minimum atomic E-state index is -0.868. The summed E-state index contributed by atoms with van der Waals surface area (Å²) in [5.41, 5.74) is 4.59. The number of hydrogen-bond acceptors (Lipinski definition) is 3. The highest BCUT2D eigenvalue weighted by molar-refractivity contribution is 7.98. The number of nitrogens with zero attached hydrogens (tertiary/aromatic N) is 1. The van der Waals surface area contributed by atoms with E-state index in [1.165, 1.54) is 4.90 Å². The van der Waals surface area contributed by atoms with Crippen LogP contribution in [0.15, 0.2) is 12.1 Å². The first-order valence-corrected chi connectivity index (χ1v) is 6.35. The summed E-state index contributed by atoms with van der Waals surface area (Å²) in [6.45, 7) is 0.468. The number of hydrogen-bond donors (Lipinski definition) is 1. The van der Waals surface area contributed by atoms with E-state index >= 15 is 0 Å². The van der Waals surface area contributed by atoms with Crippen LogP contribution < -0.4 is 5.73 Å². The number of benzene rings is 1. The van der Waals surface area contributed by atoms with Crippen molar-refractivity contribution in [3.63, 3.8) is 0 Å². The van der Waals surface area contributed by atoms with Crippen molar-refractivity contribution in [2.45, 2.75) is 0 Å². The Balaban J connectivity index is 2.96. The summed E-state index contributed by atoms with van der Waals surface area (Å²) in [5.74, 6) is -1.42. The molecule has 0 atom stereocenters. The van der Waals surface area contributed by atoms with Crippen LogP contribution in [0, 0.1) is 11.6 Å². The maximum atomic E-state index is 13.6. The zero-order chi connectivity index (χ0) is 13.0. The van der Waals surface area contributed by atoms with Crippen molar-refractivity contribution in [3.05, 3.63) is 29.3 Å². The quantitative estimate of drug-likeness (QED) is 0.842. The van der Waals surface area contributed by atoms with Gasteiger partial charge in [0.15, 0.2) is 5.82 Å². The van der Waals surface area contributed by atoms with Crippen molar-refractivity contribution in [1.29, 1.82) is 0 Å². The van der Waals surface area contributed by atoms with Crippen LogP contribution >= 0.6 is 11.8 Å². The van der Waals surface area contributed by atoms with Gasteiger partial charge in [0.25, 0.3) is 5.91 Å². The van der Waals surface area contributed by atoms with E-state index < -0.39 is 17.5 Å². The van der Waals surface area contributed by atoms with Crippen LogP contribution in [-0.2, 0) is 0 Å². The lowest BCUT2D eigenvalue weighted by atomic mass is 10.1. The van der Waals surface area contributed by atoms with Crippen LogP contribution in [0.25, 0.3) is 0 Å². The van der Waals surface area contributed by atoms with E-state index in [2.05, 4.69) is 0 Å². The van der Waals surface area contributed by atoms with Crippen LogP contribution in [0.5, 0.6) is 0 Å². The number of rotatable bonds is 4. The normalized spacial score (nSPS) is 10.4. The largest absolute Gasteiger partial charge is 0.396 e. The Kier molecular flexibility index (Phi) is 4.74. The molecular formula is C11H14F2N2OS. The van der Waals surface area contributed by atoms with Gasteiger partial charge < -0.3 is 10.6 Å². The highest BCUT2D eigenvalue weighted by Gasteiger charge is 2.19. The molecular weight excluding hydrogens is 246 g/mol. The van der Waals surface area contributed by atoms with E-state index in [0.717, 1.165) is 17.9 Å². The highest BCUT2D eigenvalue weighted by atomic mass is 32.2. The Morgan fingerprint density at radius 3 is 2.71 bits per heavy atom. The molecule has 0 bridgehead atoms. The second kappa shape index (κ2) is 5.86. The number of nitrogen functional groups attached to an aromatic ring is 1. The van der Waals surface area contributed by atoms with E-state index in [1.54, 1.807) is 18.8 Å². The minimum Gasteiger partial charge on any atom is -0.396 e. The molecule has 0 saturated carbocycles. The molecule has 1 amide bonds. The zero-order valence-electron chi connectivity index (χ0n) is 9.67. The van der Waals surface area contributed by atoms with Gasteiger partial charge in [0.2, 0.25) is 0 Å². The van der Waals surface area contributed by atoms with Crippen LogP contribution in [0.2, 0.25) is 0 Å². The standard InChI is InChI=1S/C11H14F2N2OS/c1-15(3-4-17-2)11(16)8-5-7(12)6-9(14)10(8)13/h5-6H,3-4,14H2,1-2H3. The first-order valence-electron chi connectivity index (χ1n) is 4.96. The molecule has 6 heteroatoms. The molecule has 2 N–H and O–H groups in total. The Morgan fingerprint density at radius 1 is 1.47 bits per heavy atom. The molecule has 3 nitrogen and oxygen atoms in total. The van der Waals surface area contributed by atoms with Crippen molar-refractivity contribution in [1.82, 2.24) is 4.90 Å². The van der Waals surface area contributed by atoms with E-state index in [1.807, 2.05) is 6.26 Å². The molecule has 0 unspecified atom stereocenters. The summed E-state index contributed by atoms with van der Waals surface area (Å²) in [5, 5.41) is 0. The summed E-state index contributed by atoms with van der Waals surface area (Å²) in [4.78, 5) is 13.2. The molecule has 1 rings (SSSR count). The fraction of sp³-hybridized carbons (Fsp3) is 0.364. The highest BCUT2D eigenvalue weighted by Crippen LogP contribution is 2.18. The maximum Gasteiger partial charge on any atom is 0.256 e. The summed E-state index contributed by atoms with van der Waals surface area (Å²) < 4.78 is 26.6. The Bertz CT molecular complexity index is 426. The fourth-order valence-electron chi connectivity index (χ4n) is 1.30. The van der Waals surface area contributed by atoms with Crippen molar-refractivity contribution in [2.75, 3.05) is 31.3 Å². The van der Waals surface area contributed by atoms with Gasteiger partial charge in [-0.05, 0) is 18.4 Å². The second-order valence-electron chi connectivity index (χ2n) is 3.58. The number of halogens is 2. The lowest BCUT2D eigenvalue weighted by Gasteiger charge is -2.17. The number of thioether (sulfide) groups is 1. The van der Waals surface area contributed by atoms with Gasteiger partial charge in [-0.3, -0.25) is 4.79 Å². The first kappa shape index (κ1) is 13.8. The van der Waals surface area contributed by atoms with Crippen LogP contribution in [-0.4, -0.2) is 36.4 Å². The average molecular weight is 260 g/mol. The van der Waals surface area contributed by atoms with Crippen molar-refractivity contribution in [3.8, 4) is 0 Å². The predicted octanol–water partition coefficient (Wildman–Crippen LogP) is 1.98. The molecule has 0 aromatic heterocycles. The zero-order valence-corrected chi connectivity index (χ0v) is 10.5. The van der Waals surface area contributed by atoms with Gasteiger partial charge >= 0.3 is 0 Å². The van der Waals surface area contributed by atoms with E-state index in [4.69, 9.17) is 5.73 Å². The number of amides is 1. The van der Waals surface area contributed by atoms with E-state index in [9.17, 15) is 13.6 Å². The number of anilines is 1. The van der Waals surface area contributed by atoms with Gasteiger partial charge in [-0.1, -0.05) is 0 Å². The lowest BCUT2D eigenvalue weighted by Crippen LogP contribution is -2.30. The molecule has 0 spiro atoms. The van der Waals surface area contributed by atoms with Crippen LogP contribution in [0.4, 0.5) is 14.5 Å². The van der Waals surface area contributed by atoms with Gasteiger partial charge in [-0.2, -0.15) is 11.8 Å². The Labute approximate surface area is 103 Å². The first-order chi connectivity index (χ1) is 7.97. The number of carbonyl (C=O) groups excluding carboxylic acids is 1. The molecule has 0 aliphatic heterocycles. The molecule has 94 valence electrons. The van der Waals surface area contributed by atoms with Crippen molar-refractivity contribution < 1.29 is 13.6 Å². The van der Waals surface area contributed by atoms with E-state index in [-0.39, 0.29) is 11.3 Å². The second-order valence-corrected chi connectivity index (χ2v) is 4.56. The summed E-state index contributed by atoms with van der Waals surface area (Å²) in [6.07, 6.45) is 1.90. The monoisotopic (exact) mass is 260 g/mol. The summed E-state index contributed by atoms with van der Waals surface area (Å²) in [6, 6.07) is 1.72. The third kappa shape index (κ3) is 3.33. The summed E-state index contributed by atoms with van der Waals surface area (Å²) in [7, 11) is 1.54. The Morgan fingerprint density at radius 2 is 2.12 bits per heavy atom. The molecule has 0 radical (unpaired) electrons. The average Bonchev–Trinajstić information content (AvgIpc) is 2.29. The maximum absolute atomic E-state index is 13.6. The number of carbonyl (C=O) groups is 1. The summed E-state index contributed by atoms with van der Waals surface area (Å²) >= 11 is 1.57. The third-order valence-corrected chi connectivity index (χ3v) is 2.86. The predicted molar refractivity (Wildman–Crippen MR) is 66.1 cm³/mol. The van der Waals surface area contributed by atoms with Gasteiger partial charge in [-0.25, -0.2) is 8.78 Å². The molecule has 0 fully saturated rings. The van der Waals surface area contributed by atoms with Crippen LogP contribution in [0.3, 0.4) is 0 Å². The molecule has 0 aliphatic rings. The molecule has 0 saturated heterocycles. The SMILES string of the molecule is CSCCN(C)C(=O)c1cc(F)cc(N)c1F.